The van der Waals surface area contributed by atoms with E-state index in [1.54, 1.807) is 11.3 Å². The van der Waals surface area contributed by atoms with E-state index in [2.05, 4.69) is 21.2 Å². The van der Waals surface area contributed by atoms with Crippen molar-refractivity contribution in [1.29, 1.82) is 0 Å². The minimum atomic E-state index is -0.0470. The molecule has 20 heavy (non-hydrogen) atoms. The predicted octanol–water partition coefficient (Wildman–Crippen LogP) is 4.24. The second kappa shape index (κ2) is 5.55. The van der Waals surface area contributed by atoms with E-state index in [4.69, 9.17) is 5.73 Å². The van der Waals surface area contributed by atoms with Gasteiger partial charge in [0.1, 0.15) is 0 Å². The van der Waals surface area contributed by atoms with Crippen molar-refractivity contribution < 1.29 is 4.79 Å². The molecule has 3 N–H and O–H groups in total. The van der Waals surface area contributed by atoms with E-state index in [9.17, 15) is 4.79 Å². The van der Waals surface area contributed by atoms with Crippen molar-refractivity contribution in [3.8, 4) is 0 Å². The number of halogens is 1. The average molecular weight is 367 g/mol. The maximum Gasteiger partial charge on any atom is 0.261 e. The molecule has 0 radical (unpaired) electrons. The molecule has 0 spiro atoms. The van der Waals surface area contributed by atoms with Crippen LogP contribution >= 0.6 is 38.6 Å². The average Bonchev–Trinajstić information content (AvgIpc) is 3.01. The van der Waals surface area contributed by atoms with Crippen molar-refractivity contribution in [1.82, 2.24) is 5.32 Å². The standard InChI is InChI=1S/C14H11BrN2OS2/c15-9-5-11(19-7-9)6-17-14(18)13-4-8-3-10(16)1-2-12(8)20-13/h1-5,7H,6,16H2,(H,17,18). The fourth-order valence-corrected chi connectivity index (χ4v) is 4.22. The topological polar surface area (TPSA) is 55.1 Å². The third kappa shape index (κ3) is 2.87. The summed E-state index contributed by atoms with van der Waals surface area (Å²) in [6.07, 6.45) is 0. The molecule has 102 valence electrons. The number of carbonyl (C=O) groups is 1. The number of fused-ring (bicyclic) bond motifs is 1. The molecule has 3 rings (SSSR count). The summed E-state index contributed by atoms with van der Waals surface area (Å²) in [5.41, 5.74) is 6.46. The third-order valence-corrected chi connectivity index (χ3v) is 5.62. The molecule has 3 aromatic rings. The van der Waals surface area contributed by atoms with Crippen LogP contribution in [0.1, 0.15) is 14.5 Å². The number of amides is 1. The zero-order chi connectivity index (χ0) is 14.1. The van der Waals surface area contributed by atoms with E-state index in [1.165, 1.54) is 11.3 Å². The number of benzene rings is 1. The molecule has 2 aromatic heterocycles. The zero-order valence-electron chi connectivity index (χ0n) is 10.4. The Morgan fingerprint density at radius 2 is 2.15 bits per heavy atom. The molecule has 0 saturated carbocycles. The van der Waals surface area contributed by atoms with Gasteiger partial charge in [-0.1, -0.05) is 0 Å². The highest BCUT2D eigenvalue weighted by Crippen LogP contribution is 2.27. The third-order valence-electron chi connectivity index (χ3n) is 2.81. The van der Waals surface area contributed by atoms with E-state index < -0.39 is 0 Å². The van der Waals surface area contributed by atoms with Gasteiger partial charge in [0.2, 0.25) is 0 Å². The molecule has 0 aliphatic carbocycles. The Morgan fingerprint density at radius 1 is 1.30 bits per heavy atom. The number of nitrogens with one attached hydrogen (secondary N) is 1. The first-order chi connectivity index (χ1) is 9.61. The minimum Gasteiger partial charge on any atom is -0.399 e. The molecule has 6 heteroatoms. The van der Waals surface area contributed by atoms with Crippen LogP contribution < -0.4 is 11.1 Å². The number of nitrogen functional groups attached to an aromatic ring is 1. The van der Waals surface area contributed by atoms with E-state index >= 15 is 0 Å². The van der Waals surface area contributed by atoms with E-state index in [1.807, 2.05) is 35.7 Å². The van der Waals surface area contributed by atoms with Gasteiger partial charge in [-0.15, -0.1) is 22.7 Å². The molecule has 2 heterocycles. The summed E-state index contributed by atoms with van der Waals surface area (Å²) in [7, 11) is 0. The van der Waals surface area contributed by atoms with Crippen LogP contribution in [0.3, 0.4) is 0 Å². The monoisotopic (exact) mass is 366 g/mol. The van der Waals surface area contributed by atoms with Gasteiger partial charge >= 0.3 is 0 Å². The largest absolute Gasteiger partial charge is 0.399 e. The smallest absolute Gasteiger partial charge is 0.261 e. The molecule has 0 aliphatic heterocycles. The van der Waals surface area contributed by atoms with Crippen molar-refractivity contribution in [3.63, 3.8) is 0 Å². The number of hydrogen-bond acceptors (Lipinski definition) is 4. The van der Waals surface area contributed by atoms with E-state index in [-0.39, 0.29) is 5.91 Å². The van der Waals surface area contributed by atoms with Crippen molar-refractivity contribution >= 4 is 60.3 Å². The molecule has 0 aliphatic rings. The van der Waals surface area contributed by atoms with Gasteiger partial charge in [-0.25, -0.2) is 0 Å². The van der Waals surface area contributed by atoms with E-state index in [0.717, 1.165) is 19.4 Å². The lowest BCUT2D eigenvalue weighted by Crippen LogP contribution is -2.21. The van der Waals surface area contributed by atoms with Crippen molar-refractivity contribution in [2.45, 2.75) is 6.54 Å². The maximum atomic E-state index is 12.1. The van der Waals surface area contributed by atoms with Crippen LogP contribution in [-0.4, -0.2) is 5.91 Å². The lowest BCUT2D eigenvalue weighted by molar-refractivity contribution is 0.0955. The Labute approximate surface area is 132 Å². The molecule has 3 nitrogen and oxygen atoms in total. The number of rotatable bonds is 3. The summed E-state index contributed by atoms with van der Waals surface area (Å²) in [6, 6.07) is 9.58. The Balaban J connectivity index is 1.75. The number of nitrogens with two attached hydrogens (primary N) is 1. The molecule has 0 atom stereocenters. The van der Waals surface area contributed by atoms with Gasteiger partial charge in [-0.2, -0.15) is 0 Å². The van der Waals surface area contributed by atoms with Crippen LogP contribution in [0.5, 0.6) is 0 Å². The molecular formula is C14H11BrN2OS2. The van der Waals surface area contributed by atoms with Gasteiger partial charge in [0.15, 0.2) is 0 Å². The summed E-state index contributed by atoms with van der Waals surface area (Å²) in [5, 5.41) is 5.95. The lowest BCUT2D eigenvalue weighted by atomic mass is 10.2. The summed E-state index contributed by atoms with van der Waals surface area (Å²) in [4.78, 5) is 14.0. The van der Waals surface area contributed by atoms with E-state index in [0.29, 0.717) is 17.1 Å². The Hall–Kier alpha value is -1.37. The first-order valence-electron chi connectivity index (χ1n) is 5.92. The fraction of sp³-hybridized carbons (Fsp3) is 0.0714. The first kappa shape index (κ1) is 13.6. The molecule has 0 unspecified atom stereocenters. The minimum absolute atomic E-state index is 0.0470. The highest BCUT2D eigenvalue weighted by atomic mass is 79.9. The lowest BCUT2D eigenvalue weighted by Gasteiger charge is -2.00. The van der Waals surface area contributed by atoms with Gasteiger partial charge in [-0.05, 0) is 51.6 Å². The van der Waals surface area contributed by atoms with Crippen LogP contribution in [0, 0.1) is 0 Å². The first-order valence-corrected chi connectivity index (χ1v) is 8.41. The van der Waals surface area contributed by atoms with Gasteiger partial charge in [0.25, 0.3) is 5.91 Å². The quantitative estimate of drug-likeness (QED) is 0.681. The fourth-order valence-electron chi connectivity index (χ4n) is 1.87. The number of anilines is 1. The van der Waals surface area contributed by atoms with Crippen molar-refractivity contribution in [2.75, 3.05) is 5.73 Å². The molecule has 0 saturated heterocycles. The van der Waals surface area contributed by atoms with Gasteiger partial charge < -0.3 is 11.1 Å². The SMILES string of the molecule is Nc1ccc2sc(C(=O)NCc3cc(Br)cs3)cc2c1. The molecular weight excluding hydrogens is 356 g/mol. The Morgan fingerprint density at radius 3 is 2.90 bits per heavy atom. The van der Waals surface area contributed by atoms with Gasteiger partial charge in [-0.3, -0.25) is 4.79 Å². The second-order valence-electron chi connectivity index (χ2n) is 4.32. The van der Waals surface area contributed by atoms with Gasteiger partial charge in [0, 0.05) is 25.1 Å². The highest BCUT2D eigenvalue weighted by molar-refractivity contribution is 9.10. The van der Waals surface area contributed by atoms with Gasteiger partial charge in [0.05, 0.1) is 11.4 Å². The van der Waals surface area contributed by atoms with Crippen LogP contribution in [0.2, 0.25) is 0 Å². The van der Waals surface area contributed by atoms with Crippen LogP contribution in [-0.2, 0) is 6.54 Å². The molecule has 0 bridgehead atoms. The second-order valence-corrected chi connectivity index (χ2v) is 7.32. The van der Waals surface area contributed by atoms with Crippen molar-refractivity contribution in [2.24, 2.45) is 0 Å². The number of carbonyl (C=O) groups excluding carboxylic acids is 1. The molecule has 1 aromatic carbocycles. The summed E-state index contributed by atoms with van der Waals surface area (Å²) in [6.45, 7) is 0.547. The van der Waals surface area contributed by atoms with Crippen molar-refractivity contribution in [3.05, 3.63) is 49.9 Å². The number of thiophene rings is 2. The zero-order valence-corrected chi connectivity index (χ0v) is 13.6. The molecule has 0 fully saturated rings. The van der Waals surface area contributed by atoms with Crippen LogP contribution in [0.4, 0.5) is 5.69 Å². The van der Waals surface area contributed by atoms with Crippen LogP contribution in [0.15, 0.2) is 40.2 Å². The summed E-state index contributed by atoms with van der Waals surface area (Å²) >= 11 is 6.50. The Kier molecular flexibility index (Phi) is 3.78. The summed E-state index contributed by atoms with van der Waals surface area (Å²) in [5.74, 6) is -0.0470. The summed E-state index contributed by atoms with van der Waals surface area (Å²) < 4.78 is 2.12. The highest BCUT2D eigenvalue weighted by Gasteiger charge is 2.10. The number of hydrogen-bond donors (Lipinski definition) is 2. The normalized spacial score (nSPS) is 10.8. The predicted molar refractivity (Wildman–Crippen MR) is 89.4 cm³/mol. The Bertz CT molecular complexity index is 778. The molecule has 1 amide bonds. The maximum absolute atomic E-state index is 12.1. The van der Waals surface area contributed by atoms with Crippen LogP contribution in [0.25, 0.3) is 10.1 Å².